The third-order valence-corrected chi connectivity index (χ3v) is 3.12. The average molecular weight is 299 g/mol. The SMILES string of the molecule is C/C=C(/C)C(O)=CC(/C=C/C)n1nc2ccccc2n1.CC. The Hall–Kier alpha value is -2.36. The van der Waals surface area contributed by atoms with Gasteiger partial charge in [0.2, 0.25) is 0 Å². The number of aromatic nitrogens is 3. The molecule has 2 rings (SSSR count). The van der Waals surface area contributed by atoms with E-state index in [4.69, 9.17) is 0 Å². The quantitative estimate of drug-likeness (QED) is 0.492. The van der Waals surface area contributed by atoms with Crippen molar-refractivity contribution < 1.29 is 5.11 Å². The molecule has 0 saturated carbocycles. The second-order valence-electron chi connectivity index (χ2n) is 4.55. The highest BCUT2D eigenvalue weighted by molar-refractivity contribution is 5.73. The van der Waals surface area contributed by atoms with Crippen LogP contribution in [-0.2, 0) is 0 Å². The molecule has 2 aromatic rings. The van der Waals surface area contributed by atoms with E-state index in [1.54, 1.807) is 10.9 Å². The highest BCUT2D eigenvalue weighted by atomic mass is 16.3. The molecule has 0 spiro atoms. The molecule has 1 aromatic carbocycles. The van der Waals surface area contributed by atoms with Crippen LogP contribution in [0.1, 0.15) is 40.7 Å². The molecule has 0 amide bonds. The van der Waals surface area contributed by atoms with Crippen LogP contribution >= 0.6 is 0 Å². The van der Waals surface area contributed by atoms with Crippen molar-refractivity contribution in [3.8, 4) is 0 Å². The molecule has 0 aliphatic rings. The molecule has 4 nitrogen and oxygen atoms in total. The first kappa shape index (κ1) is 17.7. The van der Waals surface area contributed by atoms with Gasteiger partial charge in [-0.15, -0.1) is 0 Å². The first-order valence-corrected chi connectivity index (χ1v) is 7.64. The number of aliphatic hydroxyl groups excluding tert-OH is 1. The molecule has 118 valence electrons. The summed E-state index contributed by atoms with van der Waals surface area (Å²) in [4.78, 5) is 1.61. The van der Waals surface area contributed by atoms with Crippen LogP contribution in [0.5, 0.6) is 0 Å². The number of benzene rings is 1. The summed E-state index contributed by atoms with van der Waals surface area (Å²) in [6.07, 6.45) is 7.48. The predicted molar refractivity (Wildman–Crippen MR) is 92.9 cm³/mol. The van der Waals surface area contributed by atoms with Crippen LogP contribution in [0.15, 0.2) is 59.9 Å². The molecule has 1 aromatic heterocycles. The van der Waals surface area contributed by atoms with Gasteiger partial charge in [0.25, 0.3) is 0 Å². The van der Waals surface area contributed by atoms with Crippen LogP contribution in [-0.4, -0.2) is 20.1 Å². The van der Waals surface area contributed by atoms with Crippen LogP contribution in [0.2, 0.25) is 0 Å². The highest BCUT2D eigenvalue weighted by Crippen LogP contribution is 2.17. The Balaban J connectivity index is 0.00000116. The standard InChI is InChI=1S/C16H19N3O.C2H6/c1-4-8-13(11-16(20)12(3)5-2)19-17-14-9-6-7-10-15(14)18-19;1-2/h4-11,13,20H,1-3H3;1-2H3/b8-4+,12-5-,16-11?;. The molecule has 0 bridgehead atoms. The van der Waals surface area contributed by atoms with Gasteiger partial charge in [-0.3, -0.25) is 0 Å². The molecule has 1 heterocycles. The highest BCUT2D eigenvalue weighted by Gasteiger charge is 2.10. The van der Waals surface area contributed by atoms with E-state index < -0.39 is 0 Å². The second-order valence-corrected chi connectivity index (χ2v) is 4.55. The summed E-state index contributed by atoms with van der Waals surface area (Å²) in [5.74, 6) is 0.247. The van der Waals surface area contributed by atoms with E-state index in [2.05, 4.69) is 10.2 Å². The average Bonchev–Trinajstić information content (AvgIpc) is 2.99. The zero-order chi connectivity index (χ0) is 16.5. The van der Waals surface area contributed by atoms with Crippen molar-refractivity contribution in [1.29, 1.82) is 0 Å². The maximum atomic E-state index is 10.0. The Morgan fingerprint density at radius 1 is 1.14 bits per heavy atom. The first-order chi connectivity index (χ1) is 10.7. The summed E-state index contributed by atoms with van der Waals surface area (Å²) in [6.45, 7) is 9.69. The fourth-order valence-corrected chi connectivity index (χ4v) is 1.85. The molecule has 4 heteroatoms. The van der Waals surface area contributed by atoms with Gasteiger partial charge in [-0.25, -0.2) is 0 Å². The molecule has 0 aliphatic carbocycles. The van der Waals surface area contributed by atoms with E-state index in [-0.39, 0.29) is 11.8 Å². The van der Waals surface area contributed by atoms with Gasteiger partial charge in [0.1, 0.15) is 22.8 Å². The van der Waals surface area contributed by atoms with Gasteiger partial charge in [-0.05, 0) is 44.6 Å². The topological polar surface area (TPSA) is 50.9 Å². The van der Waals surface area contributed by atoms with Gasteiger partial charge in [-0.2, -0.15) is 15.0 Å². The summed E-state index contributed by atoms with van der Waals surface area (Å²) < 4.78 is 0. The van der Waals surface area contributed by atoms with Crippen LogP contribution in [0.4, 0.5) is 0 Å². The Kier molecular flexibility index (Phi) is 7.09. The van der Waals surface area contributed by atoms with Crippen molar-refractivity contribution in [3.63, 3.8) is 0 Å². The van der Waals surface area contributed by atoms with Crippen molar-refractivity contribution in [2.24, 2.45) is 0 Å². The van der Waals surface area contributed by atoms with Crippen LogP contribution in [0.25, 0.3) is 11.0 Å². The summed E-state index contributed by atoms with van der Waals surface area (Å²) in [5.41, 5.74) is 2.52. The molecule has 0 saturated heterocycles. The molecule has 1 N–H and O–H groups in total. The largest absolute Gasteiger partial charge is 0.508 e. The number of hydrogen-bond acceptors (Lipinski definition) is 3. The molecule has 0 fully saturated rings. The van der Waals surface area contributed by atoms with Crippen molar-refractivity contribution in [3.05, 3.63) is 59.9 Å². The van der Waals surface area contributed by atoms with E-state index in [1.165, 1.54) is 0 Å². The van der Waals surface area contributed by atoms with Crippen molar-refractivity contribution >= 4 is 11.0 Å². The van der Waals surface area contributed by atoms with Gasteiger partial charge >= 0.3 is 0 Å². The Morgan fingerprint density at radius 3 is 2.14 bits per heavy atom. The van der Waals surface area contributed by atoms with E-state index in [0.717, 1.165) is 16.6 Å². The Labute approximate surface area is 132 Å². The van der Waals surface area contributed by atoms with Crippen LogP contribution < -0.4 is 0 Å². The van der Waals surface area contributed by atoms with Gasteiger partial charge in [0, 0.05) is 0 Å². The molecular weight excluding hydrogens is 274 g/mol. The third kappa shape index (κ3) is 4.32. The van der Waals surface area contributed by atoms with Crippen molar-refractivity contribution in [2.45, 2.75) is 40.7 Å². The van der Waals surface area contributed by atoms with E-state index in [0.29, 0.717) is 0 Å². The monoisotopic (exact) mass is 299 g/mol. The second kappa shape index (κ2) is 8.82. The molecule has 0 radical (unpaired) electrons. The lowest BCUT2D eigenvalue weighted by Crippen LogP contribution is -2.08. The van der Waals surface area contributed by atoms with Gasteiger partial charge < -0.3 is 5.11 Å². The minimum Gasteiger partial charge on any atom is -0.508 e. The normalized spacial score (nSPS) is 14.0. The smallest absolute Gasteiger partial charge is 0.116 e. The number of allylic oxidation sites excluding steroid dienone is 5. The zero-order valence-electron chi connectivity index (χ0n) is 14.0. The number of fused-ring (bicyclic) bond motifs is 1. The van der Waals surface area contributed by atoms with E-state index in [1.807, 2.05) is 77.1 Å². The maximum Gasteiger partial charge on any atom is 0.116 e. The Bertz CT molecular complexity index is 647. The van der Waals surface area contributed by atoms with Crippen LogP contribution in [0.3, 0.4) is 0 Å². The lowest BCUT2D eigenvalue weighted by Gasteiger charge is -2.08. The molecule has 0 aliphatic heterocycles. The van der Waals surface area contributed by atoms with Crippen LogP contribution in [0, 0.1) is 0 Å². The van der Waals surface area contributed by atoms with Gasteiger partial charge in [0.15, 0.2) is 0 Å². The Morgan fingerprint density at radius 2 is 1.68 bits per heavy atom. The van der Waals surface area contributed by atoms with Crippen molar-refractivity contribution in [1.82, 2.24) is 15.0 Å². The van der Waals surface area contributed by atoms with E-state index in [9.17, 15) is 5.11 Å². The molecule has 22 heavy (non-hydrogen) atoms. The molecular formula is C18H25N3O. The van der Waals surface area contributed by atoms with Gasteiger partial charge in [0.05, 0.1) is 0 Å². The summed E-state index contributed by atoms with van der Waals surface area (Å²) in [7, 11) is 0. The first-order valence-electron chi connectivity index (χ1n) is 7.64. The minimum absolute atomic E-state index is 0.206. The molecule has 1 unspecified atom stereocenters. The maximum absolute atomic E-state index is 10.0. The third-order valence-electron chi connectivity index (χ3n) is 3.12. The summed E-state index contributed by atoms with van der Waals surface area (Å²) >= 11 is 0. The lowest BCUT2D eigenvalue weighted by molar-refractivity contribution is 0.411. The summed E-state index contributed by atoms with van der Waals surface area (Å²) in [5, 5.41) is 18.9. The minimum atomic E-state index is -0.206. The number of nitrogens with zero attached hydrogens (tertiary/aromatic N) is 3. The molecule has 1 atom stereocenters. The number of rotatable bonds is 4. The lowest BCUT2D eigenvalue weighted by atomic mass is 10.1. The number of aliphatic hydroxyl groups is 1. The number of hydrogen-bond donors (Lipinski definition) is 1. The van der Waals surface area contributed by atoms with Gasteiger partial charge in [-0.1, -0.05) is 44.2 Å². The van der Waals surface area contributed by atoms with E-state index >= 15 is 0 Å². The fraction of sp³-hybridized carbons (Fsp3) is 0.333. The zero-order valence-corrected chi connectivity index (χ0v) is 14.0. The predicted octanol–water partition coefficient (Wildman–Crippen LogP) is 4.98. The summed E-state index contributed by atoms with van der Waals surface area (Å²) in [6, 6.07) is 7.51. The fourth-order valence-electron chi connectivity index (χ4n) is 1.85. The van der Waals surface area contributed by atoms with Crippen molar-refractivity contribution in [2.75, 3.05) is 0 Å².